The van der Waals surface area contributed by atoms with Gasteiger partial charge in [-0.25, -0.2) is 4.98 Å². The Kier molecular flexibility index (Phi) is 3.76. The lowest BCUT2D eigenvalue weighted by molar-refractivity contribution is 0.0728. The molecular weight excluding hydrogens is 302 g/mol. The molecule has 122 valence electrons. The Hall–Kier alpha value is -2.69. The highest BCUT2D eigenvalue weighted by Gasteiger charge is 2.26. The maximum absolute atomic E-state index is 12.8. The molecule has 0 radical (unpaired) electrons. The molecule has 0 bridgehead atoms. The second-order valence-corrected chi connectivity index (χ2v) is 6.40. The predicted molar refractivity (Wildman–Crippen MR) is 89.6 cm³/mol. The fraction of sp³-hybridized carbons (Fsp3) is 0.316. The molecule has 1 fully saturated rings. The molecule has 1 N–H and O–H groups in total. The minimum Gasteiger partial charge on any atom is -0.348 e. The number of hydrogen-bond donors (Lipinski definition) is 1. The van der Waals surface area contributed by atoms with Crippen LogP contribution in [-0.2, 0) is 13.0 Å². The van der Waals surface area contributed by atoms with Gasteiger partial charge in [0.2, 0.25) is 0 Å². The standard InChI is InChI=1S/C19H19N3O2/c23-18(20-15-8-9-15)16-6-3-7-17(21-16)19(24)22-11-10-13-4-1-2-5-14(13)12-22/h1-7,15H,8-12H2,(H,20,23). The fourth-order valence-corrected chi connectivity index (χ4v) is 3.00. The molecule has 5 nitrogen and oxygen atoms in total. The summed E-state index contributed by atoms with van der Waals surface area (Å²) in [6.45, 7) is 1.27. The molecule has 1 saturated carbocycles. The number of nitrogens with zero attached hydrogens (tertiary/aromatic N) is 2. The van der Waals surface area contributed by atoms with Crippen LogP contribution in [-0.4, -0.2) is 34.3 Å². The zero-order chi connectivity index (χ0) is 16.5. The molecule has 2 aromatic rings. The Morgan fingerprint density at radius 1 is 1.00 bits per heavy atom. The molecule has 24 heavy (non-hydrogen) atoms. The summed E-state index contributed by atoms with van der Waals surface area (Å²) in [5.74, 6) is -0.318. The molecule has 1 aliphatic carbocycles. The van der Waals surface area contributed by atoms with E-state index in [1.54, 1.807) is 23.1 Å². The van der Waals surface area contributed by atoms with Gasteiger partial charge in [-0.3, -0.25) is 9.59 Å². The van der Waals surface area contributed by atoms with E-state index in [9.17, 15) is 9.59 Å². The van der Waals surface area contributed by atoms with E-state index in [1.165, 1.54) is 11.1 Å². The van der Waals surface area contributed by atoms with E-state index in [0.717, 1.165) is 19.3 Å². The van der Waals surface area contributed by atoms with E-state index in [4.69, 9.17) is 0 Å². The summed E-state index contributed by atoms with van der Waals surface area (Å²) < 4.78 is 0. The van der Waals surface area contributed by atoms with Gasteiger partial charge in [-0.05, 0) is 42.5 Å². The molecule has 2 aliphatic rings. The fourth-order valence-electron chi connectivity index (χ4n) is 3.00. The number of nitrogens with one attached hydrogen (secondary N) is 1. The van der Waals surface area contributed by atoms with E-state index in [1.807, 2.05) is 12.1 Å². The quantitative estimate of drug-likeness (QED) is 0.942. The van der Waals surface area contributed by atoms with Crippen LogP contribution in [0.2, 0.25) is 0 Å². The van der Waals surface area contributed by atoms with Gasteiger partial charge < -0.3 is 10.2 Å². The van der Waals surface area contributed by atoms with Crippen molar-refractivity contribution >= 4 is 11.8 Å². The molecule has 4 rings (SSSR count). The first kappa shape index (κ1) is 14.9. The number of carbonyl (C=O) groups is 2. The molecule has 0 spiro atoms. The van der Waals surface area contributed by atoms with Crippen molar-refractivity contribution in [1.29, 1.82) is 0 Å². The van der Waals surface area contributed by atoms with Crippen LogP contribution in [0.15, 0.2) is 42.5 Å². The lowest BCUT2D eigenvalue weighted by Gasteiger charge is -2.28. The summed E-state index contributed by atoms with van der Waals surface area (Å²) in [6, 6.07) is 13.5. The molecular formula is C19H19N3O2. The van der Waals surface area contributed by atoms with Gasteiger partial charge in [0, 0.05) is 19.1 Å². The second kappa shape index (κ2) is 6.07. The van der Waals surface area contributed by atoms with E-state index in [-0.39, 0.29) is 17.9 Å². The molecule has 2 heterocycles. The van der Waals surface area contributed by atoms with Crippen molar-refractivity contribution in [1.82, 2.24) is 15.2 Å². The van der Waals surface area contributed by atoms with Crippen LogP contribution in [0.4, 0.5) is 0 Å². The largest absolute Gasteiger partial charge is 0.348 e. The van der Waals surface area contributed by atoms with Gasteiger partial charge in [0.25, 0.3) is 11.8 Å². The van der Waals surface area contributed by atoms with Crippen LogP contribution >= 0.6 is 0 Å². The van der Waals surface area contributed by atoms with Crippen LogP contribution in [0.25, 0.3) is 0 Å². The van der Waals surface area contributed by atoms with Crippen molar-refractivity contribution in [3.63, 3.8) is 0 Å². The number of rotatable bonds is 3. The van der Waals surface area contributed by atoms with Gasteiger partial charge in [0.05, 0.1) is 0 Å². The van der Waals surface area contributed by atoms with Gasteiger partial charge in [-0.1, -0.05) is 30.3 Å². The highest BCUT2D eigenvalue weighted by molar-refractivity contribution is 5.96. The highest BCUT2D eigenvalue weighted by atomic mass is 16.2. The maximum atomic E-state index is 12.8. The monoisotopic (exact) mass is 321 g/mol. The summed E-state index contributed by atoms with van der Waals surface area (Å²) in [5, 5.41) is 2.90. The van der Waals surface area contributed by atoms with E-state index in [2.05, 4.69) is 22.4 Å². The zero-order valence-corrected chi connectivity index (χ0v) is 13.4. The Morgan fingerprint density at radius 3 is 2.54 bits per heavy atom. The van der Waals surface area contributed by atoms with Crippen molar-refractivity contribution < 1.29 is 9.59 Å². The van der Waals surface area contributed by atoms with Crippen molar-refractivity contribution in [2.24, 2.45) is 0 Å². The van der Waals surface area contributed by atoms with Gasteiger partial charge >= 0.3 is 0 Å². The van der Waals surface area contributed by atoms with Crippen molar-refractivity contribution in [2.45, 2.75) is 31.8 Å². The first-order chi connectivity index (χ1) is 11.7. The van der Waals surface area contributed by atoms with E-state index < -0.39 is 0 Å². The lowest BCUT2D eigenvalue weighted by atomic mass is 10.00. The number of hydrogen-bond acceptors (Lipinski definition) is 3. The first-order valence-corrected chi connectivity index (χ1v) is 8.35. The van der Waals surface area contributed by atoms with E-state index in [0.29, 0.717) is 24.5 Å². The molecule has 1 aromatic heterocycles. The summed E-state index contributed by atoms with van der Waals surface area (Å²) in [5.41, 5.74) is 3.12. The lowest BCUT2D eigenvalue weighted by Crippen LogP contribution is -2.36. The van der Waals surface area contributed by atoms with Crippen molar-refractivity contribution in [2.75, 3.05) is 6.54 Å². The third-order valence-corrected chi connectivity index (χ3v) is 4.53. The molecule has 2 amide bonds. The van der Waals surface area contributed by atoms with Gasteiger partial charge in [0.15, 0.2) is 0 Å². The number of pyridine rings is 1. The van der Waals surface area contributed by atoms with Crippen LogP contribution in [0.1, 0.15) is 44.9 Å². The van der Waals surface area contributed by atoms with Gasteiger partial charge in [-0.15, -0.1) is 0 Å². The van der Waals surface area contributed by atoms with E-state index >= 15 is 0 Å². The Morgan fingerprint density at radius 2 is 1.75 bits per heavy atom. The number of benzene rings is 1. The van der Waals surface area contributed by atoms with Gasteiger partial charge in [0.1, 0.15) is 11.4 Å². The van der Waals surface area contributed by atoms with Crippen molar-refractivity contribution in [3.05, 3.63) is 65.0 Å². The summed E-state index contributed by atoms with van der Waals surface area (Å²) >= 11 is 0. The molecule has 1 aromatic carbocycles. The van der Waals surface area contributed by atoms with Crippen LogP contribution in [0, 0.1) is 0 Å². The molecule has 0 atom stereocenters. The third kappa shape index (κ3) is 3.02. The maximum Gasteiger partial charge on any atom is 0.272 e. The number of amides is 2. The minimum atomic E-state index is -0.198. The Labute approximate surface area is 140 Å². The van der Waals surface area contributed by atoms with Crippen LogP contribution in [0.3, 0.4) is 0 Å². The first-order valence-electron chi connectivity index (χ1n) is 8.35. The number of carbonyl (C=O) groups excluding carboxylic acids is 2. The van der Waals surface area contributed by atoms with Crippen LogP contribution in [0.5, 0.6) is 0 Å². The highest BCUT2D eigenvalue weighted by Crippen LogP contribution is 2.21. The smallest absolute Gasteiger partial charge is 0.272 e. The third-order valence-electron chi connectivity index (χ3n) is 4.53. The predicted octanol–water partition coefficient (Wildman–Crippen LogP) is 2.17. The summed E-state index contributed by atoms with van der Waals surface area (Å²) in [6.07, 6.45) is 2.90. The Bertz CT molecular complexity index is 799. The minimum absolute atomic E-state index is 0.120. The number of fused-ring (bicyclic) bond motifs is 1. The normalized spacial score (nSPS) is 16.4. The number of aromatic nitrogens is 1. The SMILES string of the molecule is O=C(NC1CC1)c1cccc(C(=O)N2CCc3ccccc3C2)n1. The summed E-state index contributed by atoms with van der Waals surface area (Å²) in [7, 11) is 0. The zero-order valence-electron chi connectivity index (χ0n) is 13.4. The topological polar surface area (TPSA) is 62.3 Å². The molecule has 5 heteroatoms. The molecule has 0 unspecified atom stereocenters. The van der Waals surface area contributed by atoms with Crippen molar-refractivity contribution in [3.8, 4) is 0 Å². The second-order valence-electron chi connectivity index (χ2n) is 6.40. The summed E-state index contributed by atoms with van der Waals surface area (Å²) in [4.78, 5) is 30.9. The Balaban J connectivity index is 1.51. The molecule has 0 saturated heterocycles. The molecule has 1 aliphatic heterocycles. The van der Waals surface area contributed by atoms with Gasteiger partial charge in [-0.2, -0.15) is 0 Å². The van der Waals surface area contributed by atoms with Crippen LogP contribution < -0.4 is 5.32 Å². The average Bonchev–Trinajstić information content (AvgIpc) is 3.44. The average molecular weight is 321 g/mol.